The molecule has 3 aromatic rings. The first-order chi connectivity index (χ1) is 12.2. The number of nitrogens with zero attached hydrogens (tertiary/aromatic N) is 2. The summed E-state index contributed by atoms with van der Waals surface area (Å²) >= 11 is 0. The van der Waals surface area contributed by atoms with Crippen molar-refractivity contribution in [3.05, 3.63) is 72.1 Å². The van der Waals surface area contributed by atoms with E-state index >= 15 is 0 Å². The van der Waals surface area contributed by atoms with Gasteiger partial charge < -0.3 is 0 Å². The van der Waals surface area contributed by atoms with Crippen LogP contribution in [0.25, 0.3) is 11.1 Å². The van der Waals surface area contributed by atoms with E-state index in [4.69, 9.17) is 0 Å². The van der Waals surface area contributed by atoms with Gasteiger partial charge in [-0.2, -0.15) is 31.2 Å². The minimum Gasteiger partial charge on any atom is -0.200 e. The fourth-order valence-electron chi connectivity index (χ4n) is 2.35. The van der Waals surface area contributed by atoms with Gasteiger partial charge in [-0.1, -0.05) is 48.0 Å². The standard InChI is InChI=1S/C17H14F3N3O2S/c1-12-7-9-13(10-8-12)15-11-23(21-16(15)17(18,19)20)22-26(24,25)14-5-3-2-4-6-14/h2-11,22H,1H3. The largest absolute Gasteiger partial charge is 0.435 e. The number of aryl methyl sites for hydroxylation is 1. The smallest absolute Gasteiger partial charge is 0.200 e. The van der Waals surface area contributed by atoms with Gasteiger partial charge in [0.25, 0.3) is 10.0 Å². The molecule has 0 saturated heterocycles. The molecule has 136 valence electrons. The Morgan fingerprint density at radius 2 is 1.62 bits per heavy atom. The summed E-state index contributed by atoms with van der Waals surface area (Å²) in [6, 6.07) is 13.7. The number of sulfonamides is 1. The van der Waals surface area contributed by atoms with E-state index in [0.29, 0.717) is 4.79 Å². The van der Waals surface area contributed by atoms with Crippen LogP contribution < -0.4 is 4.83 Å². The van der Waals surface area contributed by atoms with Crippen molar-refractivity contribution in [2.75, 3.05) is 4.83 Å². The van der Waals surface area contributed by atoms with E-state index in [-0.39, 0.29) is 16.0 Å². The van der Waals surface area contributed by atoms with Crippen molar-refractivity contribution in [2.45, 2.75) is 18.0 Å². The molecule has 0 atom stereocenters. The SMILES string of the molecule is Cc1ccc(-c2cn(NS(=O)(=O)c3ccccc3)nc2C(F)(F)F)cc1. The van der Waals surface area contributed by atoms with E-state index in [0.717, 1.165) is 11.8 Å². The molecule has 0 spiro atoms. The van der Waals surface area contributed by atoms with E-state index in [1.807, 2.05) is 11.8 Å². The molecule has 5 nitrogen and oxygen atoms in total. The highest BCUT2D eigenvalue weighted by molar-refractivity contribution is 7.92. The predicted molar refractivity (Wildman–Crippen MR) is 90.4 cm³/mol. The summed E-state index contributed by atoms with van der Waals surface area (Å²) in [7, 11) is -4.07. The van der Waals surface area contributed by atoms with Crippen molar-refractivity contribution >= 4 is 10.0 Å². The van der Waals surface area contributed by atoms with Gasteiger partial charge in [-0.15, -0.1) is 5.10 Å². The van der Waals surface area contributed by atoms with Gasteiger partial charge in [-0.25, -0.2) is 0 Å². The third-order valence-corrected chi connectivity index (χ3v) is 4.93. The Morgan fingerprint density at radius 3 is 2.19 bits per heavy atom. The number of benzene rings is 2. The number of alkyl halides is 3. The van der Waals surface area contributed by atoms with Crippen molar-refractivity contribution in [3.8, 4) is 11.1 Å². The number of hydrogen-bond donors (Lipinski definition) is 1. The van der Waals surface area contributed by atoms with E-state index in [1.165, 1.54) is 36.4 Å². The summed E-state index contributed by atoms with van der Waals surface area (Å²) in [5.41, 5.74) is -0.210. The molecule has 26 heavy (non-hydrogen) atoms. The van der Waals surface area contributed by atoms with Crippen LogP contribution in [0.1, 0.15) is 11.3 Å². The maximum atomic E-state index is 13.3. The Hall–Kier alpha value is -2.81. The summed E-state index contributed by atoms with van der Waals surface area (Å²) in [4.78, 5) is 2.51. The molecule has 0 saturated carbocycles. The molecule has 0 bridgehead atoms. The van der Waals surface area contributed by atoms with Crippen LogP contribution in [0.5, 0.6) is 0 Å². The van der Waals surface area contributed by atoms with Gasteiger partial charge in [0.15, 0.2) is 5.69 Å². The highest BCUT2D eigenvalue weighted by atomic mass is 32.2. The summed E-state index contributed by atoms with van der Waals surface area (Å²) in [5.74, 6) is 0. The molecular weight excluding hydrogens is 367 g/mol. The van der Waals surface area contributed by atoms with Gasteiger partial charge in [0, 0.05) is 5.56 Å². The molecule has 0 radical (unpaired) electrons. The topological polar surface area (TPSA) is 64.0 Å². The summed E-state index contributed by atoms with van der Waals surface area (Å²) in [5, 5.41) is 3.39. The van der Waals surface area contributed by atoms with Crippen LogP contribution in [-0.4, -0.2) is 18.3 Å². The second-order valence-electron chi connectivity index (χ2n) is 5.61. The maximum Gasteiger partial charge on any atom is 0.435 e. The van der Waals surface area contributed by atoms with Crippen LogP contribution >= 0.6 is 0 Å². The number of nitrogens with one attached hydrogen (secondary N) is 1. The molecule has 1 heterocycles. The van der Waals surface area contributed by atoms with Crippen LogP contribution in [-0.2, 0) is 16.2 Å². The fraction of sp³-hybridized carbons (Fsp3) is 0.118. The molecule has 0 aliphatic heterocycles. The highest BCUT2D eigenvalue weighted by Gasteiger charge is 2.38. The first kappa shape index (κ1) is 18.0. The zero-order chi connectivity index (χ0) is 18.9. The van der Waals surface area contributed by atoms with Gasteiger partial charge in [-0.3, -0.25) is 0 Å². The molecule has 0 aliphatic carbocycles. The van der Waals surface area contributed by atoms with Crippen LogP contribution in [0.3, 0.4) is 0 Å². The van der Waals surface area contributed by atoms with Gasteiger partial charge >= 0.3 is 6.18 Å². The highest BCUT2D eigenvalue weighted by Crippen LogP contribution is 2.36. The zero-order valence-corrected chi connectivity index (χ0v) is 14.3. The molecule has 1 N–H and O–H groups in total. The molecule has 0 aliphatic rings. The van der Waals surface area contributed by atoms with Crippen LogP contribution in [0.4, 0.5) is 13.2 Å². The minimum absolute atomic E-state index is 0.0825. The van der Waals surface area contributed by atoms with Crippen LogP contribution in [0, 0.1) is 6.92 Å². The average molecular weight is 381 g/mol. The average Bonchev–Trinajstić information content (AvgIpc) is 3.00. The molecule has 1 aromatic heterocycles. The Labute approximate surface area is 148 Å². The van der Waals surface area contributed by atoms with Crippen molar-refractivity contribution in [1.82, 2.24) is 9.89 Å². The van der Waals surface area contributed by atoms with Crippen LogP contribution in [0.2, 0.25) is 0 Å². The second kappa shape index (κ2) is 6.49. The normalized spacial score (nSPS) is 12.2. The molecule has 0 unspecified atom stereocenters. The van der Waals surface area contributed by atoms with Gasteiger partial charge in [0.1, 0.15) is 0 Å². The molecule has 9 heteroatoms. The Bertz CT molecular complexity index is 1010. The lowest BCUT2D eigenvalue weighted by Crippen LogP contribution is -2.24. The quantitative estimate of drug-likeness (QED) is 0.748. The Kier molecular flexibility index (Phi) is 4.49. The molecule has 0 amide bonds. The lowest BCUT2D eigenvalue weighted by molar-refractivity contribution is -0.140. The van der Waals surface area contributed by atoms with Crippen molar-refractivity contribution in [1.29, 1.82) is 0 Å². The summed E-state index contributed by atoms with van der Waals surface area (Å²) in [6.07, 6.45) is -3.72. The Balaban J connectivity index is 2.03. The zero-order valence-electron chi connectivity index (χ0n) is 13.5. The molecule has 2 aromatic carbocycles. The van der Waals surface area contributed by atoms with Gasteiger partial charge in [0.2, 0.25) is 0 Å². The van der Waals surface area contributed by atoms with E-state index in [2.05, 4.69) is 5.10 Å². The first-order valence-corrected chi connectivity index (χ1v) is 8.97. The van der Waals surface area contributed by atoms with E-state index in [9.17, 15) is 21.6 Å². The Morgan fingerprint density at radius 1 is 1.00 bits per heavy atom. The predicted octanol–water partition coefficient (Wildman–Crippen LogP) is 3.81. The molecule has 3 rings (SSSR count). The minimum atomic E-state index is -4.73. The van der Waals surface area contributed by atoms with Crippen molar-refractivity contribution in [2.24, 2.45) is 0 Å². The first-order valence-electron chi connectivity index (χ1n) is 7.48. The van der Waals surface area contributed by atoms with Crippen molar-refractivity contribution in [3.63, 3.8) is 0 Å². The molecular formula is C17H14F3N3O2S. The number of halogens is 3. The van der Waals surface area contributed by atoms with E-state index in [1.54, 1.807) is 18.2 Å². The van der Waals surface area contributed by atoms with Gasteiger partial charge in [-0.05, 0) is 24.6 Å². The van der Waals surface area contributed by atoms with Gasteiger partial charge in [0.05, 0.1) is 11.1 Å². The lowest BCUT2D eigenvalue weighted by atomic mass is 10.0. The number of rotatable bonds is 4. The summed E-state index contributed by atoms with van der Waals surface area (Å²) < 4.78 is 64.6. The number of aromatic nitrogens is 2. The maximum absolute atomic E-state index is 13.3. The van der Waals surface area contributed by atoms with Crippen molar-refractivity contribution < 1.29 is 21.6 Å². The third kappa shape index (κ3) is 3.72. The third-order valence-electron chi connectivity index (χ3n) is 3.61. The molecule has 0 fully saturated rings. The number of hydrogen-bond acceptors (Lipinski definition) is 3. The fourth-order valence-corrected chi connectivity index (χ4v) is 3.31. The monoisotopic (exact) mass is 381 g/mol. The summed E-state index contributed by atoms with van der Waals surface area (Å²) in [6.45, 7) is 1.81. The van der Waals surface area contributed by atoms with E-state index < -0.39 is 21.9 Å². The second-order valence-corrected chi connectivity index (χ2v) is 7.27. The lowest BCUT2D eigenvalue weighted by Gasteiger charge is -2.07. The van der Waals surface area contributed by atoms with Crippen LogP contribution in [0.15, 0.2) is 65.7 Å².